The van der Waals surface area contributed by atoms with E-state index in [4.69, 9.17) is 4.42 Å². The molecule has 230 valence electrons. The fourth-order valence-corrected chi connectivity index (χ4v) is 7.63. The second-order valence-electron chi connectivity index (χ2n) is 12.5. The van der Waals surface area contributed by atoms with Crippen LogP contribution in [0.1, 0.15) is 0 Å². The summed E-state index contributed by atoms with van der Waals surface area (Å²) in [5.41, 5.74) is 10.9. The molecule has 0 fully saturated rings. The monoisotopic (exact) mass is 626 g/mol. The lowest BCUT2D eigenvalue weighted by Gasteiger charge is -2.26. The molecule has 10 rings (SSSR count). The summed E-state index contributed by atoms with van der Waals surface area (Å²) in [5.74, 6) is 0. The molecule has 0 bridgehead atoms. The Labute approximate surface area is 283 Å². The Kier molecular flexibility index (Phi) is 6.18. The number of nitrogens with zero attached hydrogens (tertiary/aromatic N) is 2. The summed E-state index contributed by atoms with van der Waals surface area (Å²) in [5, 5.41) is 7.18. The smallest absolute Gasteiger partial charge is 0.143 e. The first-order chi connectivity index (χ1) is 24.3. The first kappa shape index (κ1) is 27.5. The van der Waals surface area contributed by atoms with Crippen LogP contribution in [0.3, 0.4) is 0 Å². The zero-order valence-corrected chi connectivity index (χ0v) is 26.6. The highest BCUT2D eigenvalue weighted by Crippen LogP contribution is 2.45. The molecule has 8 aromatic carbocycles. The number of aromatic nitrogens is 1. The number of furan rings is 1. The summed E-state index contributed by atoms with van der Waals surface area (Å²) in [6.07, 6.45) is 0. The van der Waals surface area contributed by atoms with Gasteiger partial charge < -0.3 is 13.9 Å². The van der Waals surface area contributed by atoms with E-state index in [9.17, 15) is 0 Å². The molecular formula is C46H30N2O. The molecule has 3 nitrogen and oxygen atoms in total. The summed E-state index contributed by atoms with van der Waals surface area (Å²) in [7, 11) is 0. The van der Waals surface area contributed by atoms with Gasteiger partial charge in [-0.1, -0.05) is 121 Å². The Morgan fingerprint density at radius 3 is 1.92 bits per heavy atom. The van der Waals surface area contributed by atoms with Gasteiger partial charge in [-0.05, 0) is 77.0 Å². The topological polar surface area (TPSA) is 21.3 Å². The van der Waals surface area contributed by atoms with Gasteiger partial charge in [0.15, 0.2) is 0 Å². The van der Waals surface area contributed by atoms with E-state index < -0.39 is 0 Å². The van der Waals surface area contributed by atoms with Crippen molar-refractivity contribution in [2.75, 3.05) is 4.90 Å². The minimum atomic E-state index is 0.913. The number of hydrogen-bond donors (Lipinski definition) is 0. The Morgan fingerprint density at radius 1 is 0.429 bits per heavy atom. The van der Waals surface area contributed by atoms with Crippen LogP contribution >= 0.6 is 0 Å². The highest BCUT2D eigenvalue weighted by Gasteiger charge is 2.21. The van der Waals surface area contributed by atoms with Crippen LogP contribution in [0.15, 0.2) is 186 Å². The van der Waals surface area contributed by atoms with Crippen LogP contribution in [0, 0.1) is 0 Å². The van der Waals surface area contributed by atoms with Crippen LogP contribution in [0.4, 0.5) is 17.1 Å². The molecule has 0 unspecified atom stereocenters. The Hall–Kier alpha value is -6.58. The summed E-state index contributed by atoms with van der Waals surface area (Å²) < 4.78 is 8.95. The predicted molar refractivity (Wildman–Crippen MR) is 206 cm³/mol. The second kappa shape index (κ2) is 11.0. The summed E-state index contributed by atoms with van der Waals surface area (Å²) in [6.45, 7) is 0. The van der Waals surface area contributed by atoms with Gasteiger partial charge >= 0.3 is 0 Å². The number of anilines is 3. The molecule has 0 atom stereocenters. The Bertz CT molecular complexity index is 2810. The zero-order valence-electron chi connectivity index (χ0n) is 26.6. The van der Waals surface area contributed by atoms with Crippen molar-refractivity contribution >= 4 is 71.6 Å². The molecule has 0 aliphatic heterocycles. The van der Waals surface area contributed by atoms with Crippen LogP contribution in [0.25, 0.3) is 71.3 Å². The van der Waals surface area contributed by atoms with Gasteiger partial charge in [0, 0.05) is 44.2 Å². The molecule has 0 N–H and O–H groups in total. The molecule has 3 heteroatoms. The summed E-state index contributed by atoms with van der Waals surface area (Å²) in [6, 6.07) is 64.8. The van der Waals surface area contributed by atoms with Crippen LogP contribution < -0.4 is 4.90 Å². The van der Waals surface area contributed by atoms with Crippen molar-refractivity contribution in [3.8, 4) is 16.8 Å². The van der Waals surface area contributed by atoms with Gasteiger partial charge in [0.25, 0.3) is 0 Å². The lowest BCUT2D eigenvalue weighted by molar-refractivity contribution is 0.670. The van der Waals surface area contributed by atoms with Gasteiger partial charge in [0.05, 0.1) is 16.7 Å². The maximum atomic E-state index is 6.58. The molecule has 0 aliphatic carbocycles. The molecule has 49 heavy (non-hydrogen) atoms. The third kappa shape index (κ3) is 4.29. The third-order valence-corrected chi connectivity index (χ3v) is 9.77. The lowest BCUT2D eigenvalue weighted by atomic mass is 9.99. The Morgan fingerprint density at radius 2 is 1.08 bits per heavy atom. The van der Waals surface area contributed by atoms with E-state index in [-0.39, 0.29) is 0 Å². The standard InChI is InChI=1S/C46H30N2O/c1-3-14-33(15-4-1)47(41-23-12-24-42-45(41)38-19-9-10-22-40(38)48(42)34-16-5-2-6-17-34)35-28-25-32(26-29-35)37-20-11-21-39-44-36-18-8-7-13-31(36)27-30-43(44)49-46(37)39/h1-30H. The fourth-order valence-electron chi connectivity index (χ4n) is 7.63. The molecular weight excluding hydrogens is 597 g/mol. The first-order valence-corrected chi connectivity index (χ1v) is 16.7. The summed E-state index contributed by atoms with van der Waals surface area (Å²) in [4.78, 5) is 2.38. The maximum Gasteiger partial charge on any atom is 0.143 e. The molecule has 10 aromatic rings. The van der Waals surface area contributed by atoms with E-state index in [0.717, 1.165) is 50.4 Å². The quantitative estimate of drug-likeness (QED) is 0.190. The van der Waals surface area contributed by atoms with Crippen molar-refractivity contribution in [2.45, 2.75) is 0 Å². The van der Waals surface area contributed by atoms with E-state index in [0.29, 0.717) is 0 Å². The number of rotatable bonds is 5. The highest BCUT2D eigenvalue weighted by atomic mass is 16.3. The normalized spacial score (nSPS) is 11.7. The molecule has 0 aliphatic rings. The number of fused-ring (bicyclic) bond motifs is 8. The van der Waals surface area contributed by atoms with E-state index in [2.05, 4.69) is 191 Å². The Balaban J connectivity index is 1.16. The third-order valence-electron chi connectivity index (χ3n) is 9.77. The molecule has 2 heterocycles. The zero-order chi connectivity index (χ0) is 32.3. The van der Waals surface area contributed by atoms with Crippen molar-refractivity contribution in [3.63, 3.8) is 0 Å². The number of benzene rings is 8. The van der Waals surface area contributed by atoms with Gasteiger partial charge in [-0.2, -0.15) is 0 Å². The SMILES string of the molecule is c1ccc(N(c2ccc(-c3cccc4c3oc3ccc5ccccc5c34)cc2)c2cccc3c2c2ccccc2n3-c2ccccc2)cc1. The lowest BCUT2D eigenvalue weighted by Crippen LogP contribution is -2.10. The number of hydrogen-bond acceptors (Lipinski definition) is 2. The van der Waals surface area contributed by atoms with E-state index >= 15 is 0 Å². The van der Waals surface area contributed by atoms with Crippen LogP contribution in [0.2, 0.25) is 0 Å². The molecule has 0 saturated carbocycles. The van der Waals surface area contributed by atoms with Crippen molar-refractivity contribution < 1.29 is 4.42 Å². The van der Waals surface area contributed by atoms with Gasteiger partial charge in [-0.15, -0.1) is 0 Å². The van der Waals surface area contributed by atoms with Crippen LogP contribution in [-0.2, 0) is 0 Å². The van der Waals surface area contributed by atoms with Crippen LogP contribution in [-0.4, -0.2) is 4.57 Å². The first-order valence-electron chi connectivity index (χ1n) is 16.7. The van der Waals surface area contributed by atoms with Gasteiger partial charge in [0.1, 0.15) is 11.2 Å². The van der Waals surface area contributed by atoms with E-state index in [1.54, 1.807) is 0 Å². The van der Waals surface area contributed by atoms with E-state index in [1.807, 2.05) is 0 Å². The molecule has 0 spiro atoms. The van der Waals surface area contributed by atoms with E-state index in [1.165, 1.54) is 38.0 Å². The van der Waals surface area contributed by atoms with Crippen LogP contribution in [0.5, 0.6) is 0 Å². The molecule has 0 saturated heterocycles. The van der Waals surface area contributed by atoms with Gasteiger partial charge in [-0.3, -0.25) is 0 Å². The van der Waals surface area contributed by atoms with Crippen molar-refractivity contribution in [1.29, 1.82) is 0 Å². The van der Waals surface area contributed by atoms with Crippen molar-refractivity contribution in [2.24, 2.45) is 0 Å². The molecule has 2 aromatic heterocycles. The van der Waals surface area contributed by atoms with Gasteiger partial charge in [-0.25, -0.2) is 0 Å². The minimum Gasteiger partial charge on any atom is -0.455 e. The van der Waals surface area contributed by atoms with Gasteiger partial charge in [0.2, 0.25) is 0 Å². The minimum absolute atomic E-state index is 0.913. The predicted octanol–water partition coefficient (Wildman–Crippen LogP) is 13.0. The largest absolute Gasteiger partial charge is 0.455 e. The van der Waals surface area contributed by atoms with Crippen molar-refractivity contribution in [1.82, 2.24) is 4.57 Å². The number of para-hydroxylation sites is 4. The second-order valence-corrected chi connectivity index (χ2v) is 12.5. The fraction of sp³-hybridized carbons (Fsp3) is 0. The molecule has 0 radical (unpaired) electrons. The van der Waals surface area contributed by atoms with Crippen molar-refractivity contribution in [3.05, 3.63) is 182 Å². The average molecular weight is 627 g/mol. The average Bonchev–Trinajstić information content (AvgIpc) is 3.73. The molecule has 0 amide bonds. The summed E-state index contributed by atoms with van der Waals surface area (Å²) >= 11 is 0. The maximum absolute atomic E-state index is 6.58. The highest BCUT2D eigenvalue weighted by molar-refractivity contribution is 6.21.